The molecule has 1 saturated carbocycles. The summed E-state index contributed by atoms with van der Waals surface area (Å²) in [6.07, 6.45) is 6.81. The van der Waals surface area contributed by atoms with Gasteiger partial charge in [0, 0.05) is 18.7 Å². The van der Waals surface area contributed by atoms with Crippen molar-refractivity contribution in [3.63, 3.8) is 0 Å². The van der Waals surface area contributed by atoms with E-state index in [1.165, 1.54) is 19.0 Å². The first-order chi connectivity index (χ1) is 10.1. The van der Waals surface area contributed by atoms with Crippen molar-refractivity contribution in [3.05, 3.63) is 28.2 Å². The van der Waals surface area contributed by atoms with E-state index in [4.69, 9.17) is 33.5 Å². The highest BCUT2D eigenvalue weighted by molar-refractivity contribution is 6.35. The van der Waals surface area contributed by atoms with Crippen molar-refractivity contribution in [1.29, 1.82) is 0 Å². The molecule has 112 valence electrons. The van der Waals surface area contributed by atoms with Gasteiger partial charge in [-0.2, -0.15) is 4.98 Å². The molecule has 2 aromatic heterocycles. The zero-order valence-corrected chi connectivity index (χ0v) is 12.9. The molecule has 0 amide bonds. The van der Waals surface area contributed by atoms with E-state index in [0.717, 1.165) is 12.8 Å². The van der Waals surface area contributed by atoms with Crippen LogP contribution in [0.1, 0.15) is 31.6 Å². The third kappa shape index (κ3) is 3.36. The van der Waals surface area contributed by atoms with Crippen LogP contribution in [0.5, 0.6) is 0 Å². The molecule has 5 nitrogen and oxygen atoms in total. The summed E-state index contributed by atoms with van der Waals surface area (Å²) in [6, 6.07) is 1.82. The molecular formula is C14H16Cl2N4O. The summed E-state index contributed by atoms with van der Waals surface area (Å²) in [7, 11) is 0. The molecule has 2 atom stereocenters. The predicted octanol–water partition coefficient (Wildman–Crippen LogP) is 3.50. The molecule has 1 aliphatic carbocycles. The summed E-state index contributed by atoms with van der Waals surface area (Å²) in [4.78, 5) is 8.53. The Kier molecular flexibility index (Phi) is 4.42. The Labute approximate surface area is 132 Å². The maximum absolute atomic E-state index is 6.15. The van der Waals surface area contributed by atoms with Gasteiger partial charge in [-0.3, -0.25) is 0 Å². The lowest BCUT2D eigenvalue weighted by atomic mass is 9.83. The number of aromatic nitrogens is 3. The summed E-state index contributed by atoms with van der Waals surface area (Å²) in [6.45, 7) is 0. The van der Waals surface area contributed by atoms with E-state index in [2.05, 4.69) is 15.1 Å². The molecule has 0 aromatic carbocycles. The van der Waals surface area contributed by atoms with Gasteiger partial charge in [-0.05, 0) is 24.8 Å². The Hall–Kier alpha value is -1.17. The van der Waals surface area contributed by atoms with Crippen LogP contribution in [-0.4, -0.2) is 21.2 Å². The van der Waals surface area contributed by atoms with Crippen LogP contribution in [0, 0.1) is 5.92 Å². The minimum atomic E-state index is 0.214. The second kappa shape index (κ2) is 6.30. The molecule has 0 aliphatic heterocycles. The summed E-state index contributed by atoms with van der Waals surface area (Å²) in [5.74, 6) is 1.37. The maximum atomic E-state index is 6.15. The summed E-state index contributed by atoms with van der Waals surface area (Å²) < 4.78 is 5.31. The van der Waals surface area contributed by atoms with Gasteiger partial charge in [-0.15, -0.1) is 0 Å². The van der Waals surface area contributed by atoms with Gasteiger partial charge in [0.1, 0.15) is 5.69 Å². The molecule has 1 fully saturated rings. The van der Waals surface area contributed by atoms with E-state index in [0.29, 0.717) is 39.8 Å². The van der Waals surface area contributed by atoms with E-state index < -0.39 is 0 Å². The molecule has 1 aliphatic rings. The molecule has 7 heteroatoms. The van der Waals surface area contributed by atoms with Gasteiger partial charge >= 0.3 is 0 Å². The van der Waals surface area contributed by atoms with Crippen LogP contribution in [0.25, 0.3) is 11.5 Å². The average molecular weight is 327 g/mol. The highest BCUT2D eigenvalue weighted by Gasteiger charge is 2.24. The second-order valence-electron chi connectivity index (χ2n) is 5.41. The van der Waals surface area contributed by atoms with Gasteiger partial charge in [0.05, 0.1) is 10.0 Å². The number of nitrogens with zero attached hydrogens (tertiary/aromatic N) is 3. The smallest absolute Gasteiger partial charge is 0.227 e. The van der Waals surface area contributed by atoms with Gasteiger partial charge in [-0.25, -0.2) is 4.98 Å². The predicted molar refractivity (Wildman–Crippen MR) is 81.2 cm³/mol. The molecule has 0 bridgehead atoms. The number of halogens is 2. The van der Waals surface area contributed by atoms with Crippen molar-refractivity contribution in [2.24, 2.45) is 11.7 Å². The largest absolute Gasteiger partial charge is 0.339 e. The molecule has 0 spiro atoms. The summed E-state index contributed by atoms with van der Waals surface area (Å²) in [5.41, 5.74) is 6.62. The fourth-order valence-electron chi connectivity index (χ4n) is 2.73. The number of hydrogen-bond acceptors (Lipinski definition) is 5. The summed E-state index contributed by atoms with van der Waals surface area (Å²) in [5, 5.41) is 4.83. The first-order valence-electron chi connectivity index (χ1n) is 7.03. The SMILES string of the molecule is NC1CCCCC1Cc1nc(-c2ncc(Cl)cc2Cl)no1. The Morgan fingerprint density at radius 3 is 2.86 bits per heavy atom. The minimum Gasteiger partial charge on any atom is -0.339 e. The molecule has 2 N–H and O–H groups in total. The molecule has 2 heterocycles. The van der Waals surface area contributed by atoms with Crippen molar-refractivity contribution in [2.75, 3.05) is 0 Å². The molecule has 0 radical (unpaired) electrons. The molecule has 2 aromatic rings. The van der Waals surface area contributed by atoms with E-state index in [1.807, 2.05) is 0 Å². The average Bonchev–Trinajstić information content (AvgIpc) is 2.90. The lowest BCUT2D eigenvalue weighted by molar-refractivity contribution is 0.273. The first-order valence-corrected chi connectivity index (χ1v) is 7.78. The van der Waals surface area contributed by atoms with E-state index in [9.17, 15) is 0 Å². The van der Waals surface area contributed by atoms with Crippen LogP contribution in [0.2, 0.25) is 10.0 Å². The monoisotopic (exact) mass is 326 g/mol. The van der Waals surface area contributed by atoms with Gasteiger partial charge in [-0.1, -0.05) is 41.2 Å². The Morgan fingerprint density at radius 1 is 1.29 bits per heavy atom. The van der Waals surface area contributed by atoms with E-state index >= 15 is 0 Å². The van der Waals surface area contributed by atoms with E-state index in [1.54, 1.807) is 6.07 Å². The zero-order chi connectivity index (χ0) is 14.8. The fourth-order valence-corrected chi connectivity index (χ4v) is 3.19. The van der Waals surface area contributed by atoms with Crippen molar-refractivity contribution in [3.8, 4) is 11.5 Å². The molecule has 2 unspecified atom stereocenters. The second-order valence-corrected chi connectivity index (χ2v) is 6.25. The lowest BCUT2D eigenvalue weighted by Crippen LogP contribution is -2.34. The van der Waals surface area contributed by atoms with Crippen LogP contribution in [0.4, 0.5) is 0 Å². The quantitative estimate of drug-likeness (QED) is 0.933. The number of rotatable bonds is 3. The van der Waals surface area contributed by atoms with Gasteiger partial charge in [0.2, 0.25) is 11.7 Å². The third-order valence-corrected chi connectivity index (χ3v) is 4.39. The first kappa shape index (κ1) is 14.8. The Bertz CT molecular complexity index is 631. The highest BCUT2D eigenvalue weighted by Crippen LogP contribution is 2.28. The normalized spacial score (nSPS) is 22.4. The van der Waals surface area contributed by atoms with Crippen molar-refractivity contribution < 1.29 is 4.52 Å². The standard InChI is InChI=1S/C14H16Cl2N4O/c15-9-6-10(16)13(18-7-9)14-19-12(21-20-14)5-8-3-1-2-4-11(8)17/h6-8,11H,1-5,17H2. The zero-order valence-electron chi connectivity index (χ0n) is 11.4. The van der Waals surface area contributed by atoms with Crippen LogP contribution < -0.4 is 5.73 Å². The molecular weight excluding hydrogens is 311 g/mol. The van der Waals surface area contributed by atoms with Gasteiger partial charge in [0.15, 0.2) is 0 Å². The fraction of sp³-hybridized carbons (Fsp3) is 0.500. The maximum Gasteiger partial charge on any atom is 0.227 e. The van der Waals surface area contributed by atoms with Crippen LogP contribution >= 0.6 is 23.2 Å². The van der Waals surface area contributed by atoms with Crippen LogP contribution in [0.3, 0.4) is 0 Å². The molecule has 0 saturated heterocycles. The highest BCUT2D eigenvalue weighted by atomic mass is 35.5. The van der Waals surface area contributed by atoms with Crippen LogP contribution in [-0.2, 0) is 6.42 Å². The van der Waals surface area contributed by atoms with Crippen molar-refractivity contribution in [1.82, 2.24) is 15.1 Å². The molecule has 3 rings (SSSR count). The van der Waals surface area contributed by atoms with Gasteiger partial charge < -0.3 is 10.3 Å². The number of pyridine rings is 1. The minimum absolute atomic E-state index is 0.214. The van der Waals surface area contributed by atoms with Crippen molar-refractivity contribution in [2.45, 2.75) is 38.1 Å². The third-order valence-electron chi connectivity index (χ3n) is 3.89. The number of hydrogen-bond donors (Lipinski definition) is 1. The lowest BCUT2D eigenvalue weighted by Gasteiger charge is -2.27. The Balaban J connectivity index is 1.76. The molecule has 21 heavy (non-hydrogen) atoms. The number of nitrogens with two attached hydrogens (primary N) is 1. The van der Waals surface area contributed by atoms with E-state index in [-0.39, 0.29) is 6.04 Å². The topological polar surface area (TPSA) is 77.8 Å². The summed E-state index contributed by atoms with van der Waals surface area (Å²) >= 11 is 11.9. The Morgan fingerprint density at radius 2 is 2.10 bits per heavy atom. The van der Waals surface area contributed by atoms with Crippen LogP contribution in [0.15, 0.2) is 16.8 Å². The van der Waals surface area contributed by atoms with Crippen molar-refractivity contribution >= 4 is 23.2 Å². The van der Waals surface area contributed by atoms with Gasteiger partial charge in [0.25, 0.3) is 0 Å².